The Morgan fingerprint density at radius 2 is 2.22 bits per heavy atom. The minimum absolute atomic E-state index is 0.0934. The van der Waals surface area contributed by atoms with Gasteiger partial charge in [0.2, 0.25) is 0 Å². The molecule has 0 amide bonds. The van der Waals surface area contributed by atoms with E-state index in [9.17, 15) is 14.4 Å². The molecule has 2 unspecified atom stereocenters. The van der Waals surface area contributed by atoms with Gasteiger partial charge in [0.1, 0.15) is 0 Å². The molecule has 0 aromatic carbocycles. The van der Waals surface area contributed by atoms with Gasteiger partial charge < -0.3 is 14.4 Å². The first kappa shape index (κ1) is 12.6. The van der Waals surface area contributed by atoms with Gasteiger partial charge in [-0.2, -0.15) is 0 Å². The van der Waals surface area contributed by atoms with E-state index in [1.54, 1.807) is 7.05 Å². The standard InChI is InChI=1S/C11H14N2O5/c1-12-5-4-9(14)13(11(12)17)6-7-2-3-8(18-7)10(15)16/h4-5,7-8H,2-3,6H2,1H3,(H,15,16). The Hall–Kier alpha value is -1.89. The van der Waals surface area contributed by atoms with Crippen molar-refractivity contribution < 1.29 is 14.6 Å². The van der Waals surface area contributed by atoms with Crippen LogP contribution in [0.2, 0.25) is 0 Å². The summed E-state index contributed by atoms with van der Waals surface area (Å²) in [4.78, 5) is 34.0. The van der Waals surface area contributed by atoms with Gasteiger partial charge in [0.25, 0.3) is 5.56 Å². The van der Waals surface area contributed by atoms with Crippen LogP contribution in [0.3, 0.4) is 0 Å². The van der Waals surface area contributed by atoms with Crippen molar-refractivity contribution in [2.75, 3.05) is 0 Å². The van der Waals surface area contributed by atoms with Crippen LogP contribution < -0.4 is 11.2 Å². The summed E-state index contributed by atoms with van der Waals surface area (Å²) in [5.41, 5.74) is -0.828. The molecule has 2 rings (SSSR count). The molecule has 1 N–H and O–H groups in total. The average Bonchev–Trinajstić information content (AvgIpc) is 2.78. The highest BCUT2D eigenvalue weighted by Crippen LogP contribution is 2.20. The van der Waals surface area contributed by atoms with Crippen LogP contribution in [0.4, 0.5) is 0 Å². The number of ether oxygens (including phenoxy) is 1. The highest BCUT2D eigenvalue weighted by atomic mass is 16.5. The van der Waals surface area contributed by atoms with E-state index in [1.165, 1.54) is 16.8 Å². The second kappa shape index (κ2) is 4.77. The van der Waals surface area contributed by atoms with Crippen molar-refractivity contribution in [1.29, 1.82) is 0 Å². The monoisotopic (exact) mass is 254 g/mol. The molecule has 98 valence electrons. The van der Waals surface area contributed by atoms with Crippen LogP contribution in [-0.2, 0) is 23.1 Å². The molecule has 7 nitrogen and oxygen atoms in total. The number of hydrogen-bond donors (Lipinski definition) is 1. The van der Waals surface area contributed by atoms with Gasteiger partial charge in [-0.1, -0.05) is 0 Å². The van der Waals surface area contributed by atoms with Gasteiger partial charge in [0.15, 0.2) is 6.10 Å². The molecule has 0 saturated carbocycles. The summed E-state index contributed by atoms with van der Waals surface area (Å²) >= 11 is 0. The molecule has 1 aliphatic rings. The smallest absolute Gasteiger partial charge is 0.332 e. The lowest BCUT2D eigenvalue weighted by atomic mass is 10.2. The highest BCUT2D eigenvalue weighted by molar-refractivity contribution is 5.72. The Balaban J connectivity index is 2.17. The third-order valence-corrected chi connectivity index (χ3v) is 3.01. The maximum Gasteiger partial charge on any atom is 0.332 e. The van der Waals surface area contributed by atoms with Gasteiger partial charge in [0, 0.05) is 19.3 Å². The van der Waals surface area contributed by atoms with Crippen molar-refractivity contribution in [3.05, 3.63) is 33.1 Å². The molecule has 18 heavy (non-hydrogen) atoms. The van der Waals surface area contributed by atoms with Crippen molar-refractivity contribution in [2.45, 2.75) is 31.6 Å². The SMILES string of the molecule is Cn1ccc(=O)n(CC2CCC(C(=O)O)O2)c1=O. The van der Waals surface area contributed by atoms with Crippen LogP contribution in [0.15, 0.2) is 21.9 Å². The van der Waals surface area contributed by atoms with E-state index in [-0.39, 0.29) is 6.54 Å². The number of carbonyl (C=O) groups is 1. The molecule has 2 heterocycles. The van der Waals surface area contributed by atoms with E-state index in [1.807, 2.05) is 0 Å². The number of nitrogens with zero attached hydrogens (tertiary/aromatic N) is 2. The molecule has 7 heteroatoms. The van der Waals surface area contributed by atoms with Crippen LogP contribution in [0, 0.1) is 0 Å². The molecule has 0 radical (unpaired) electrons. The van der Waals surface area contributed by atoms with E-state index in [2.05, 4.69) is 0 Å². The predicted molar refractivity (Wildman–Crippen MR) is 61.5 cm³/mol. The zero-order valence-electron chi connectivity index (χ0n) is 9.91. The summed E-state index contributed by atoms with van der Waals surface area (Å²) in [5, 5.41) is 8.79. The quantitative estimate of drug-likeness (QED) is 0.761. The molecule has 1 fully saturated rings. The lowest BCUT2D eigenvalue weighted by molar-refractivity contribution is -0.149. The average molecular weight is 254 g/mol. The second-order valence-electron chi connectivity index (χ2n) is 4.32. The summed E-state index contributed by atoms with van der Waals surface area (Å²) in [7, 11) is 1.55. The summed E-state index contributed by atoms with van der Waals surface area (Å²) < 4.78 is 7.63. The zero-order valence-corrected chi connectivity index (χ0v) is 9.91. The third kappa shape index (κ3) is 2.35. The Morgan fingerprint density at radius 1 is 1.50 bits per heavy atom. The number of rotatable bonds is 3. The van der Waals surface area contributed by atoms with Crippen molar-refractivity contribution in [3.8, 4) is 0 Å². The van der Waals surface area contributed by atoms with Crippen molar-refractivity contribution >= 4 is 5.97 Å². The molecule has 1 aromatic rings. The fourth-order valence-electron chi connectivity index (χ4n) is 2.01. The number of carboxylic acids is 1. The topological polar surface area (TPSA) is 90.5 Å². The maximum absolute atomic E-state index is 11.7. The molecule has 1 aromatic heterocycles. The van der Waals surface area contributed by atoms with E-state index in [4.69, 9.17) is 9.84 Å². The predicted octanol–water partition coefficient (Wildman–Crippen LogP) is -0.821. The lowest BCUT2D eigenvalue weighted by Gasteiger charge is -2.12. The maximum atomic E-state index is 11.7. The van der Waals surface area contributed by atoms with Crippen molar-refractivity contribution in [3.63, 3.8) is 0 Å². The Morgan fingerprint density at radius 3 is 2.83 bits per heavy atom. The van der Waals surface area contributed by atoms with Crippen LogP contribution in [0.1, 0.15) is 12.8 Å². The lowest BCUT2D eigenvalue weighted by Crippen LogP contribution is -2.40. The van der Waals surface area contributed by atoms with Gasteiger partial charge in [-0.05, 0) is 12.8 Å². The number of carboxylic acid groups (broad SMARTS) is 1. The van der Waals surface area contributed by atoms with Crippen molar-refractivity contribution in [2.24, 2.45) is 7.05 Å². The third-order valence-electron chi connectivity index (χ3n) is 3.01. The van der Waals surface area contributed by atoms with E-state index in [0.29, 0.717) is 12.8 Å². The first-order valence-electron chi connectivity index (χ1n) is 5.64. The van der Waals surface area contributed by atoms with Gasteiger partial charge in [-0.25, -0.2) is 9.59 Å². The Kier molecular flexibility index (Phi) is 3.33. The second-order valence-corrected chi connectivity index (χ2v) is 4.32. The van der Waals surface area contributed by atoms with Crippen molar-refractivity contribution in [1.82, 2.24) is 9.13 Å². The highest BCUT2D eigenvalue weighted by Gasteiger charge is 2.31. The normalized spacial score (nSPS) is 23.2. The number of aliphatic carboxylic acids is 1. The molecule has 1 aliphatic heterocycles. The Bertz CT molecular complexity index is 574. The van der Waals surface area contributed by atoms with Gasteiger partial charge in [-0.3, -0.25) is 9.36 Å². The molecular weight excluding hydrogens is 240 g/mol. The van der Waals surface area contributed by atoms with E-state index >= 15 is 0 Å². The molecule has 0 spiro atoms. The van der Waals surface area contributed by atoms with Gasteiger partial charge in [-0.15, -0.1) is 0 Å². The van der Waals surface area contributed by atoms with Crippen LogP contribution >= 0.6 is 0 Å². The van der Waals surface area contributed by atoms with E-state index in [0.717, 1.165) is 4.57 Å². The number of aryl methyl sites for hydroxylation is 1. The fourth-order valence-corrected chi connectivity index (χ4v) is 2.01. The van der Waals surface area contributed by atoms with E-state index < -0.39 is 29.4 Å². The summed E-state index contributed by atoms with van der Waals surface area (Å²) in [6.45, 7) is 0.0934. The number of aromatic nitrogens is 2. The first-order chi connectivity index (χ1) is 8.49. The number of hydrogen-bond acceptors (Lipinski definition) is 4. The fraction of sp³-hybridized carbons (Fsp3) is 0.545. The zero-order chi connectivity index (χ0) is 13.3. The van der Waals surface area contributed by atoms with Gasteiger partial charge >= 0.3 is 11.7 Å². The summed E-state index contributed by atoms with van der Waals surface area (Å²) in [6, 6.07) is 1.30. The Labute approximate surface area is 102 Å². The molecule has 0 aliphatic carbocycles. The van der Waals surface area contributed by atoms with Crippen LogP contribution in [-0.4, -0.2) is 32.4 Å². The minimum Gasteiger partial charge on any atom is -0.479 e. The largest absolute Gasteiger partial charge is 0.479 e. The summed E-state index contributed by atoms with van der Waals surface area (Å²) in [5.74, 6) is -1.01. The molecule has 0 bridgehead atoms. The summed E-state index contributed by atoms with van der Waals surface area (Å²) in [6.07, 6.45) is 1.09. The van der Waals surface area contributed by atoms with Crippen LogP contribution in [0.25, 0.3) is 0 Å². The minimum atomic E-state index is -1.01. The van der Waals surface area contributed by atoms with Gasteiger partial charge in [0.05, 0.1) is 12.6 Å². The first-order valence-corrected chi connectivity index (χ1v) is 5.64. The molecular formula is C11H14N2O5. The van der Waals surface area contributed by atoms with Crippen LogP contribution in [0.5, 0.6) is 0 Å². The molecule has 2 atom stereocenters. The molecule has 1 saturated heterocycles.